The predicted octanol–water partition coefficient (Wildman–Crippen LogP) is 5.52. The van der Waals surface area contributed by atoms with Crippen molar-refractivity contribution in [3.8, 4) is 23.0 Å². The minimum Gasteiger partial charge on any atom is -0.457 e. The van der Waals surface area contributed by atoms with Gasteiger partial charge in [-0.25, -0.2) is 4.98 Å². The number of rotatable bonds is 5. The molecule has 1 unspecified atom stereocenters. The zero-order valence-electron chi connectivity index (χ0n) is 16.3. The minimum atomic E-state index is -0.131. The number of carbonyl (C=O) groups is 1. The quantitative estimate of drug-likeness (QED) is 0.416. The molecule has 2 aromatic heterocycles. The summed E-state index contributed by atoms with van der Waals surface area (Å²) in [7, 11) is 0. The van der Waals surface area contributed by atoms with Crippen LogP contribution in [0.2, 0.25) is 0 Å². The number of para-hydroxylation sites is 1. The van der Waals surface area contributed by atoms with Crippen LogP contribution in [0.25, 0.3) is 11.5 Å². The number of ether oxygens (including phenoxy) is 1. The lowest BCUT2D eigenvalue weighted by atomic mass is 9.81. The van der Waals surface area contributed by atoms with Gasteiger partial charge in [-0.15, -0.1) is 0 Å². The summed E-state index contributed by atoms with van der Waals surface area (Å²) < 4.78 is 11.7. The number of Topliss-reactive ketones (excluding diaryl/α,β-unsaturated/α-hetero) is 1. The SMILES string of the molecule is O=C(c1ncc(-c2ccccn2)o1)C1CCc2cc(Oc3ccccc3)ccc2C1. The molecule has 1 aliphatic rings. The first-order valence-corrected chi connectivity index (χ1v) is 10.0. The third-order valence-corrected chi connectivity index (χ3v) is 5.39. The Morgan fingerprint density at radius 3 is 2.63 bits per heavy atom. The first-order valence-electron chi connectivity index (χ1n) is 10.0. The molecular weight excluding hydrogens is 376 g/mol. The summed E-state index contributed by atoms with van der Waals surface area (Å²) in [5.41, 5.74) is 3.08. The van der Waals surface area contributed by atoms with Crippen LogP contribution in [0.15, 0.2) is 83.5 Å². The van der Waals surface area contributed by atoms with Crippen molar-refractivity contribution in [1.82, 2.24) is 9.97 Å². The average Bonchev–Trinajstić information content (AvgIpc) is 3.30. The molecule has 5 heteroatoms. The third kappa shape index (κ3) is 3.74. The summed E-state index contributed by atoms with van der Waals surface area (Å²) in [6.07, 6.45) is 5.53. The number of fused-ring (bicyclic) bond motifs is 1. The van der Waals surface area contributed by atoms with Crippen molar-refractivity contribution >= 4 is 5.78 Å². The van der Waals surface area contributed by atoms with Gasteiger partial charge in [-0.3, -0.25) is 9.78 Å². The number of nitrogens with zero attached hydrogens (tertiary/aromatic N) is 2. The van der Waals surface area contributed by atoms with E-state index in [2.05, 4.69) is 22.1 Å². The van der Waals surface area contributed by atoms with Crippen LogP contribution in [0.4, 0.5) is 0 Å². The summed E-state index contributed by atoms with van der Waals surface area (Å²) in [5, 5.41) is 0. The Hall–Kier alpha value is -3.73. The van der Waals surface area contributed by atoms with Crippen molar-refractivity contribution in [2.45, 2.75) is 19.3 Å². The number of aromatic nitrogens is 2. The van der Waals surface area contributed by atoms with Gasteiger partial charge in [0.2, 0.25) is 5.78 Å². The highest BCUT2D eigenvalue weighted by Crippen LogP contribution is 2.32. The summed E-state index contributed by atoms with van der Waals surface area (Å²) in [6.45, 7) is 0. The zero-order valence-corrected chi connectivity index (χ0v) is 16.3. The highest BCUT2D eigenvalue weighted by atomic mass is 16.5. The number of benzene rings is 2. The molecular formula is C25H20N2O3. The number of hydrogen-bond donors (Lipinski definition) is 0. The number of ketones is 1. The Kier molecular flexibility index (Phi) is 4.85. The molecule has 0 amide bonds. The molecule has 5 rings (SSSR count). The summed E-state index contributed by atoms with van der Waals surface area (Å²) >= 11 is 0. The molecule has 1 aliphatic carbocycles. The number of hydrogen-bond acceptors (Lipinski definition) is 5. The lowest BCUT2D eigenvalue weighted by Gasteiger charge is -2.23. The smallest absolute Gasteiger partial charge is 0.264 e. The van der Waals surface area contributed by atoms with E-state index in [1.54, 1.807) is 12.4 Å². The van der Waals surface area contributed by atoms with Gasteiger partial charge in [-0.05, 0) is 66.8 Å². The molecule has 2 heterocycles. The minimum absolute atomic E-state index is 0.0487. The largest absolute Gasteiger partial charge is 0.457 e. The first-order chi connectivity index (χ1) is 14.8. The number of pyridine rings is 1. The van der Waals surface area contributed by atoms with Crippen LogP contribution >= 0.6 is 0 Å². The van der Waals surface area contributed by atoms with Gasteiger partial charge in [-0.1, -0.05) is 30.3 Å². The Morgan fingerprint density at radius 1 is 0.933 bits per heavy atom. The molecule has 2 aromatic carbocycles. The molecule has 0 aliphatic heterocycles. The van der Waals surface area contributed by atoms with E-state index in [-0.39, 0.29) is 17.6 Å². The van der Waals surface area contributed by atoms with Crippen molar-refractivity contribution < 1.29 is 13.9 Å². The van der Waals surface area contributed by atoms with E-state index in [0.29, 0.717) is 17.9 Å². The summed E-state index contributed by atoms with van der Waals surface area (Å²) in [4.78, 5) is 21.4. The van der Waals surface area contributed by atoms with E-state index in [1.165, 1.54) is 11.1 Å². The van der Waals surface area contributed by atoms with E-state index >= 15 is 0 Å². The van der Waals surface area contributed by atoms with Crippen LogP contribution in [0.3, 0.4) is 0 Å². The van der Waals surface area contributed by atoms with Gasteiger partial charge in [0.15, 0.2) is 5.76 Å². The van der Waals surface area contributed by atoms with Crippen LogP contribution in [0, 0.1) is 5.92 Å². The Bertz CT molecular complexity index is 1170. The van der Waals surface area contributed by atoms with E-state index in [0.717, 1.165) is 24.3 Å². The summed E-state index contributed by atoms with van der Waals surface area (Å²) in [5.74, 6) is 2.12. The van der Waals surface area contributed by atoms with E-state index in [9.17, 15) is 4.79 Å². The van der Waals surface area contributed by atoms with Gasteiger partial charge < -0.3 is 9.15 Å². The maximum absolute atomic E-state index is 13.0. The van der Waals surface area contributed by atoms with Gasteiger partial charge in [-0.2, -0.15) is 0 Å². The highest BCUT2D eigenvalue weighted by Gasteiger charge is 2.29. The van der Waals surface area contributed by atoms with Crippen LogP contribution in [0.5, 0.6) is 11.5 Å². The molecule has 5 nitrogen and oxygen atoms in total. The van der Waals surface area contributed by atoms with Gasteiger partial charge >= 0.3 is 0 Å². The molecule has 0 saturated heterocycles. The fraction of sp³-hybridized carbons (Fsp3) is 0.160. The van der Waals surface area contributed by atoms with Crippen LogP contribution < -0.4 is 4.74 Å². The predicted molar refractivity (Wildman–Crippen MR) is 113 cm³/mol. The van der Waals surface area contributed by atoms with Crippen molar-refractivity contribution in [1.29, 1.82) is 0 Å². The Labute approximate surface area is 174 Å². The number of aryl methyl sites for hydroxylation is 1. The lowest BCUT2D eigenvalue weighted by molar-refractivity contribution is 0.0873. The van der Waals surface area contributed by atoms with Gasteiger partial charge in [0.25, 0.3) is 5.89 Å². The second kappa shape index (κ2) is 7.95. The normalized spacial score (nSPS) is 15.4. The lowest BCUT2D eigenvalue weighted by Crippen LogP contribution is -2.23. The fourth-order valence-electron chi connectivity index (χ4n) is 3.83. The van der Waals surface area contributed by atoms with E-state index < -0.39 is 0 Å². The maximum atomic E-state index is 13.0. The Morgan fingerprint density at radius 2 is 1.80 bits per heavy atom. The first kappa shape index (κ1) is 18.3. The van der Waals surface area contributed by atoms with E-state index in [1.807, 2.05) is 54.6 Å². The monoisotopic (exact) mass is 396 g/mol. The molecule has 0 radical (unpaired) electrons. The second-order valence-corrected chi connectivity index (χ2v) is 7.39. The van der Waals surface area contributed by atoms with Crippen LogP contribution in [0.1, 0.15) is 28.2 Å². The summed E-state index contributed by atoms with van der Waals surface area (Å²) in [6, 6.07) is 21.4. The molecule has 0 N–H and O–H groups in total. The molecule has 0 spiro atoms. The third-order valence-electron chi connectivity index (χ3n) is 5.39. The second-order valence-electron chi connectivity index (χ2n) is 7.39. The molecule has 30 heavy (non-hydrogen) atoms. The van der Waals surface area contributed by atoms with Crippen molar-refractivity contribution in [3.63, 3.8) is 0 Å². The van der Waals surface area contributed by atoms with Gasteiger partial charge in [0, 0.05) is 12.1 Å². The van der Waals surface area contributed by atoms with Crippen molar-refractivity contribution in [2.75, 3.05) is 0 Å². The van der Waals surface area contributed by atoms with Crippen molar-refractivity contribution in [2.24, 2.45) is 5.92 Å². The molecule has 148 valence electrons. The van der Waals surface area contributed by atoms with Crippen LogP contribution in [-0.4, -0.2) is 15.8 Å². The zero-order chi connectivity index (χ0) is 20.3. The van der Waals surface area contributed by atoms with E-state index in [4.69, 9.17) is 9.15 Å². The Balaban J connectivity index is 1.30. The molecule has 1 atom stereocenters. The molecule has 4 aromatic rings. The highest BCUT2D eigenvalue weighted by molar-refractivity contribution is 5.94. The fourth-order valence-corrected chi connectivity index (χ4v) is 3.83. The molecule has 0 fully saturated rings. The van der Waals surface area contributed by atoms with Gasteiger partial charge in [0.05, 0.1) is 6.20 Å². The average molecular weight is 396 g/mol. The molecule has 0 saturated carbocycles. The standard InChI is InChI=1S/C25H20N2O3/c28-24(25-27-16-23(30-25)22-8-4-5-13-26-22)19-10-9-18-15-21(12-11-17(18)14-19)29-20-6-2-1-3-7-20/h1-8,11-13,15-16,19H,9-10,14H2. The maximum Gasteiger partial charge on any atom is 0.264 e. The number of carbonyl (C=O) groups excluding carboxylic acids is 1. The van der Waals surface area contributed by atoms with Crippen molar-refractivity contribution in [3.05, 3.63) is 96.1 Å². The van der Waals surface area contributed by atoms with Crippen LogP contribution in [-0.2, 0) is 12.8 Å². The van der Waals surface area contributed by atoms with Gasteiger partial charge in [0.1, 0.15) is 17.2 Å². The molecule has 0 bridgehead atoms. The topological polar surface area (TPSA) is 65.2 Å². The number of oxazole rings is 1.